The molecule has 0 bridgehead atoms. The van der Waals surface area contributed by atoms with Gasteiger partial charge in [-0.1, -0.05) is 0 Å². The number of benzene rings is 4. The van der Waals surface area contributed by atoms with Gasteiger partial charge < -0.3 is 0 Å². The van der Waals surface area contributed by atoms with Crippen LogP contribution in [-0.2, 0) is 33.6 Å². The largest absolute Gasteiger partial charge is 0.147 e. The van der Waals surface area contributed by atoms with Gasteiger partial charge >= 0.3 is 303 Å². The molecule has 0 saturated carbocycles. The SMILES string of the molecule is CC1=Cc2c(-c3ccc(C(C)(C)C)cc3)cccc2[CH]1[Zr]([CH3])([CH3])(=[SiH2])[CH]1C(C)=Cc2c(-c3cc(C(C)(C)C)cc(C(C)(C)C)c3)ccc(C)c21.Cl.Cl. The first-order valence-electron chi connectivity index (χ1n) is 18.4. The van der Waals surface area contributed by atoms with Crippen molar-refractivity contribution in [2.45, 2.75) is 116 Å². The predicted molar refractivity (Wildman–Crippen MR) is 232 cm³/mol. The Morgan fingerprint density at radius 2 is 1.02 bits per heavy atom. The van der Waals surface area contributed by atoms with Crippen molar-refractivity contribution >= 4 is 43.8 Å². The van der Waals surface area contributed by atoms with E-state index in [1.54, 1.807) is 22.3 Å². The molecule has 272 valence electrons. The van der Waals surface area contributed by atoms with Crippen LogP contribution in [0.3, 0.4) is 0 Å². The minimum absolute atomic E-state index is 0. The molecule has 0 heterocycles. The molecule has 0 fully saturated rings. The molecular weight excluding hydrogens is 755 g/mol. The average molecular weight is 817 g/mol. The van der Waals surface area contributed by atoms with E-state index in [-0.39, 0.29) is 41.1 Å². The van der Waals surface area contributed by atoms with Crippen LogP contribution in [0.25, 0.3) is 34.4 Å². The normalized spacial score (nSPS) is 17.5. The molecule has 6 rings (SSSR count). The molecule has 4 heteroatoms. The maximum absolute atomic E-state index is 3.69. The first-order chi connectivity index (χ1) is 22.5. The second-order valence-electron chi connectivity index (χ2n) is 19.8. The van der Waals surface area contributed by atoms with Gasteiger partial charge in [0.1, 0.15) is 0 Å². The van der Waals surface area contributed by atoms with E-state index < -0.39 is 17.4 Å². The van der Waals surface area contributed by atoms with Gasteiger partial charge in [-0.3, -0.25) is 0 Å². The molecule has 0 nitrogen and oxygen atoms in total. The zero-order valence-corrected chi connectivity index (χ0v) is 39.3. The van der Waals surface area contributed by atoms with Crippen LogP contribution in [0.2, 0.25) is 9.26 Å². The van der Waals surface area contributed by atoms with Crippen molar-refractivity contribution < 1.29 is 17.4 Å². The van der Waals surface area contributed by atoms with Crippen LogP contribution in [0, 0.1) is 6.92 Å². The summed E-state index contributed by atoms with van der Waals surface area (Å²) < 4.78 is 6.53. The Morgan fingerprint density at radius 3 is 1.55 bits per heavy atom. The van der Waals surface area contributed by atoms with Crippen LogP contribution >= 0.6 is 24.8 Å². The fraction of sp³-hybridized carbons (Fsp3) is 0.404. The standard InChI is InChI=1S/C25H31.C20H21.2CH3.2ClH.H2Si.Zr/c1-16-11-22-17(2)9-10-21(23(22)12-16)18-13-19(24(3,4)5)15-20(14-18)25(6,7)8;1-14-12-16-6-5-7-18(19(16)13-14)15-8-10-17(11-9-15)20(2,3)4;;;;;;/h9-15H,1-8H3;5-13H,1-4H3;2*1H3;2*1H;1H2;. The quantitative estimate of drug-likeness (QED) is 0.180. The second kappa shape index (κ2) is 13.7. The summed E-state index contributed by atoms with van der Waals surface area (Å²) in [5.74, 6) is 0. The van der Waals surface area contributed by atoms with Crippen LogP contribution in [-0.4, -0.2) is 6.88 Å². The van der Waals surface area contributed by atoms with Gasteiger partial charge in [-0.05, 0) is 0 Å². The van der Waals surface area contributed by atoms with E-state index in [9.17, 15) is 0 Å². The molecule has 0 aromatic heterocycles. The van der Waals surface area contributed by atoms with E-state index in [0.29, 0.717) is 7.25 Å². The number of halogens is 2. The van der Waals surface area contributed by atoms with Crippen LogP contribution in [0.1, 0.15) is 128 Å². The summed E-state index contributed by atoms with van der Waals surface area (Å²) in [6.45, 7) is 30.6. The molecule has 2 atom stereocenters. The fourth-order valence-electron chi connectivity index (χ4n) is 9.32. The first kappa shape index (κ1) is 41.8. The van der Waals surface area contributed by atoms with Gasteiger partial charge in [-0.25, -0.2) is 0 Å². The number of aryl methyl sites for hydroxylation is 1. The molecule has 4 aromatic carbocycles. The molecule has 0 saturated heterocycles. The maximum Gasteiger partial charge on any atom is -0.147 e. The van der Waals surface area contributed by atoms with Crippen molar-refractivity contribution in [2.24, 2.45) is 0 Å². The molecule has 51 heavy (non-hydrogen) atoms. The zero-order chi connectivity index (χ0) is 36.1. The average Bonchev–Trinajstić information content (AvgIpc) is 3.53. The van der Waals surface area contributed by atoms with E-state index in [0.717, 1.165) is 0 Å². The molecule has 2 aliphatic carbocycles. The Kier molecular flexibility index (Phi) is 11.2. The van der Waals surface area contributed by atoms with E-state index in [1.807, 2.05) is 0 Å². The number of rotatable bonds is 4. The monoisotopic (exact) mass is 814 g/mol. The van der Waals surface area contributed by atoms with E-state index >= 15 is 0 Å². The minimum Gasteiger partial charge on any atom is -0.147 e. The van der Waals surface area contributed by atoms with Gasteiger partial charge in [0.2, 0.25) is 0 Å². The third kappa shape index (κ3) is 7.43. The van der Waals surface area contributed by atoms with Gasteiger partial charge in [-0.2, -0.15) is 0 Å². The topological polar surface area (TPSA) is 0 Å². The Labute approximate surface area is 325 Å². The van der Waals surface area contributed by atoms with Crippen molar-refractivity contribution in [3.63, 3.8) is 0 Å². The fourth-order valence-corrected chi connectivity index (χ4v) is 30.6. The van der Waals surface area contributed by atoms with Gasteiger partial charge in [0.05, 0.1) is 0 Å². The molecule has 0 aliphatic heterocycles. The number of hydrogen-bond donors (Lipinski definition) is 0. The summed E-state index contributed by atoms with van der Waals surface area (Å²) in [6.07, 6.45) is 5.13. The van der Waals surface area contributed by atoms with Crippen LogP contribution in [0.4, 0.5) is 0 Å². The molecule has 2 aliphatic rings. The molecule has 0 radical (unpaired) electrons. The van der Waals surface area contributed by atoms with Gasteiger partial charge in [-0.15, -0.1) is 24.8 Å². The Morgan fingerprint density at radius 1 is 0.529 bits per heavy atom. The van der Waals surface area contributed by atoms with Crippen LogP contribution < -0.4 is 0 Å². The van der Waals surface area contributed by atoms with Gasteiger partial charge in [0.15, 0.2) is 0 Å². The Hall–Kier alpha value is -1.96. The van der Waals surface area contributed by atoms with Crippen LogP contribution in [0.15, 0.2) is 83.9 Å². The maximum atomic E-state index is 2.77. The van der Waals surface area contributed by atoms with Crippen molar-refractivity contribution in [3.8, 4) is 22.3 Å². The van der Waals surface area contributed by atoms with E-state index in [2.05, 4.69) is 184 Å². The number of fused-ring (bicyclic) bond motifs is 2. The summed E-state index contributed by atoms with van der Waals surface area (Å²) in [5, 5.41) is 0. The van der Waals surface area contributed by atoms with Gasteiger partial charge in [0.25, 0.3) is 0 Å². The molecular formula is C47H62Cl2SiZr. The van der Waals surface area contributed by atoms with Crippen LogP contribution in [0.5, 0.6) is 0 Å². The molecule has 0 N–H and O–H groups in total. The van der Waals surface area contributed by atoms with E-state index in [1.165, 1.54) is 55.6 Å². The van der Waals surface area contributed by atoms with Crippen molar-refractivity contribution in [2.75, 3.05) is 0 Å². The van der Waals surface area contributed by atoms with Crippen molar-refractivity contribution in [1.82, 2.24) is 0 Å². The minimum atomic E-state index is -3.69. The second-order valence-corrected chi connectivity index (χ2v) is 50.2. The summed E-state index contributed by atoms with van der Waals surface area (Å²) in [7, 11) is 0. The third-order valence-electron chi connectivity index (χ3n) is 11.8. The predicted octanol–water partition coefficient (Wildman–Crippen LogP) is 14.0. The summed E-state index contributed by atoms with van der Waals surface area (Å²) >= 11 is -3.69. The van der Waals surface area contributed by atoms with Gasteiger partial charge in [0, 0.05) is 0 Å². The molecule has 0 amide bonds. The summed E-state index contributed by atoms with van der Waals surface area (Å²) in [6, 6.07) is 28.7. The number of hydrogen-bond acceptors (Lipinski definition) is 0. The van der Waals surface area contributed by atoms with Crippen molar-refractivity contribution in [3.05, 3.63) is 128 Å². The smallest absolute Gasteiger partial charge is 0.147 e. The first-order valence-corrected chi connectivity index (χ1v) is 32.1. The Bertz CT molecular complexity index is 2090. The molecule has 2 unspecified atom stereocenters. The summed E-state index contributed by atoms with van der Waals surface area (Å²) in [4.78, 5) is 0. The Balaban J connectivity index is 0.00000292. The number of allylic oxidation sites excluding steroid dienone is 2. The zero-order valence-electron chi connectivity index (χ0n) is 33.8. The third-order valence-corrected chi connectivity index (χ3v) is 29.7. The molecule has 4 aromatic rings. The van der Waals surface area contributed by atoms with Crippen molar-refractivity contribution in [1.29, 1.82) is 0 Å². The summed E-state index contributed by atoms with van der Waals surface area (Å²) in [5.41, 5.74) is 20.6. The van der Waals surface area contributed by atoms with E-state index in [4.69, 9.17) is 0 Å². The molecule has 0 spiro atoms.